The van der Waals surface area contributed by atoms with Gasteiger partial charge in [-0.3, -0.25) is 4.79 Å². The van der Waals surface area contributed by atoms with Crippen molar-refractivity contribution in [3.63, 3.8) is 0 Å². The van der Waals surface area contributed by atoms with Crippen molar-refractivity contribution in [3.05, 3.63) is 23.3 Å². The highest BCUT2D eigenvalue weighted by Crippen LogP contribution is 2.26. The number of hydrogen-bond donors (Lipinski definition) is 0. The Morgan fingerprint density at radius 3 is 2.06 bits per heavy atom. The van der Waals surface area contributed by atoms with Crippen molar-refractivity contribution in [2.45, 2.75) is 12.5 Å². The molecular weight excluding hydrogens is 236 g/mol. The van der Waals surface area contributed by atoms with Gasteiger partial charge in [0, 0.05) is 25.4 Å². The maximum atomic E-state index is 12.0. The van der Waals surface area contributed by atoms with Gasteiger partial charge in [0.2, 0.25) is 0 Å². The number of Topliss-reactive ketones (excluding diaryl/α,β-unsaturated/α-hetero) is 1. The predicted octanol–water partition coefficient (Wildman–Crippen LogP) is 0.689. The van der Waals surface area contributed by atoms with Gasteiger partial charge in [0.25, 0.3) is 0 Å². The van der Waals surface area contributed by atoms with Crippen LogP contribution in [0.2, 0.25) is 0 Å². The SMILES string of the molecule is COCC1=CC(C)(OCC=O)C=C(COC)C1=O. The van der Waals surface area contributed by atoms with Gasteiger partial charge < -0.3 is 19.0 Å². The molecule has 1 rings (SSSR count). The lowest BCUT2D eigenvalue weighted by Crippen LogP contribution is -2.33. The van der Waals surface area contributed by atoms with Gasteiger partial charge in [-0.05, 0) is 19.1 Å². The molecule has 5 heteroatoms. The molecule has 100 valence electrons. The van der Waals surface area contributed by atoms with Gasteiger partial charge in [-0.25, -0.2) is 0 Å². The first-order valence-electron chi connectivity index (χ1n) is 5.60. The second-order valence-corrected chi connectivity index (χ2v) is 4.20. The standard InChI is InChI=1S/C13H18O5/c1-13(18-5-4-14)6-10(8-16-2)12(15)11(7-13)9-17-3/h4,6-7H,5,8-9H2,1-3H3. The van der Waals surface area contributed by atoms with Gasteiger partial charge in [0.15, 0.2) is 5.78 Å². The summed E-state index contributed by atoms with van der Waals surface area (Å²) < 4.78 is 15.4. The molecule has 0 saturated carbocycles. The highest BCUT2D eigenvalue weighted by molar-refractivity contribution is 6.10. The molecule has 18 heavy (non-hydrogen) atoms. The fourth-order valence-corrected chi connectivity index (χ4v) is 1.89. The fraction of sp³-hybridized carbons (Fsp3) is 0.538. The number of ketones is 1. The first-order valence-corrected chi connectivity index (χ1v) is 5.60. The van der Waals surface area contributed by atoms with Crippen LogP contribution in [-0.2, 0) is 23.8 Å². The zero-order valence-corrected chi connectivity index (χ0v) is 10.9. The third-order valence-corrected chi connectivity index (χ3v) is 2.57. The quantitative estimate of drug-likeness (QED) is 0.625. The number of aldehydes is 1. The van der Waals surface area contributed by atoms with Crippen LogP contribution in [0.25, 0.3) is 0 Å². The van der Waals surface area contributed by atoms with Gasteiger partial charge >= 0.3 is 0 Å². The summed E-state index contributed by atoms with van der Waals surface area (Å²) in [4.78, 5) is 22.4. The van der Waals surface area contributed by atoms with Gasteiger partial charge in [-0.2, -0.15) is 0 Å². The number of ether oxygens (including phenoxy) is 3. The third kappa shape index (κ3) is 3.60. The minimum atomic E-state index is -0.781. The summed E-state index contributed by atoms with van der Waals surface area (Å²) in [6.45, 7) is 2.17. The molecule has 1 aliphatic carbocycles. The maximum Gasteiger partial charge on any atom is 0.189 e. The monoisotopic (exact) mass is 254 g/mol. The van der Waals surface area contributed by atoms with Crippen molar-refractivity contribution >= 4 is 12.1 Å². The summed E-state index contributed by atoms with van der Waals surface area (Å²) in [5.74, 6) is -0.106. The maximum absolute atomic E-state index is 12.0. The van der Waals surface area contributed by atoms with Crippen LogP contribution < -0.4 is 0 Å². The third-order valence-electron chi connectivity index (χ3n) is 2.57. The molecule has 0 aromatic rings. The molecule has 0 bridgehead atoms. The van der Waals surface area contributed by atoms with Crippen LogP contribution in [0.3, 0.4) is 0 Å². The minimum Gasteiger partial charge on any atom is -0.380 e. The smallest absolute Gasteiger partial charge is 0.189 e. The Morgan fingerprint density at radius 1 is 1.17 bits per heavy atom. The van der Waals surface area contributed by atoms with Crippen LogP contribution in [-0.4, -0.2) is 51.7 Å². The van der Waals surface area contributed by atoms with E-state index in [0.29, 0.717) is 17.4 Å². The van der Waals surface area contributed by atoms with Crippen LogP contribution in [0.4, 0.5) is 0 Å². The first kappa shape index (κ1) is 14.8. The highest BCUT2D eigenvalue weighted by Gasteiger charge is 2.30. The van der Waals surface area contributed by atoms with Crippen molar-refractivity contribution in [2.75, 3.05) is 34.0 Å². The van der Waals surface area contributed by atoms with Gasteiger partial charge in [0.1, 0.15) is 18.5 Å². The van der Waals surface area contributed by atoms with Gasteiger partial charge in [-0.1, -0.05) is 0 Å². The van der Waals surface area contributed by atoms with E-state index in [9.17, 15) is 9.59 Å². The second-order valence-electron chi connectivity index (χ2n) is 4.20. The van der Waals surface area contributed by atoms with E-state index < -0.39 is 5.60 Å². The normalized spacial score (nSPS) is 18.3. The predicted molar refractivity (Wildman–Crippen MR) is 65.3 cm³/mol. The molecule has 1 aliphatic rings. The van der Waals surface area contributed by atoms with Crippen LogP contribution in [0.15, 0.2) is 23.3 Å². The summed E-state index contributed by atoms with van der Waals surface area (Å²) in [5, 5.41) is 0. The zero-order chi connectivity index (χ0) is 13.6. The Bertz CT molecular complexity index is 355. The molecule has 0 atom stereocenters. The lowest BCUT2D eigenvalue weighted by molar-refractivity contribution is -0.115. The molecule has 0 fully saturated rings. The topological polar surface area (TPSA) is 61.8 Å². The number of carbonyl (C=O) groups is 2. The highest BCUT2D eigenvalue weighted by atomic mass is 16.5. The van der Waals surface area contributed by atoms with Gasteiger partial charge in [-0.15, -0.1) is 0 Å². The molecule has 0 amide bonds. The van der Waals surface area contributed by atoms with Crippen molar-refractivity contribution in [1.29, 1.82) is 0 Å². The van der Waals surface area contributed by atoms with E-state index in [2.05, 4.69) is 0 Å². The summed E-state index contributed by atoms with van der Waals surface area (Å²) in [6, 6.07) is 0. The molecule has 0 saturated heterocycles. The average Bonchev–Trinajstić information content (AvgIpc) is 2.33. The molecule has 0 aromatic heterocycles. The Morgan fingerprint density at radius 2 is 1.67 bits per heavy atom. The molecule has 0 heterocycles. The number of carbonyl (C=O) groups excluding carboxylic acids is 2. The van der Waals surface area contributed by atoms with E-state index in [1.807, 2.05) is 0 Å². The van der Waals surface area contributed by atoms with E-state index >= 15 is 0 Å². The number of rotatable bonds is 7. The van der Waals surface area contributed by atoms with Crippen molar-refractivity contribution < 1.29 is 23.8 Å². The molecule has 0 spiro atoms. The molecule has 0 unspecified atom stereocenters. The van der Waals surface area contributed by atoms with E-state index in [1.165, 1.54) is 14.2 Å². The molecule has 0 aliphatic heterocycles. The van der Waals surface area contributed by atoms with Crippen molar-refractivity contribution in [3.8, 4) is 0 Å². The molecule has 0 radical (unpaired) electrons. The van der Waals surface area contributed by atoms with E-state index in [0.717, 1.165) is 0 Å². The summed E-state index contributed by atoms with van der Waals surface area (Å²) in [6.07, 6.45) is 4.04. The van der Waals surface area contributed by atoms with E-state index in [4.69, 9.17) is 14.2 Å². The van der Waals surface area contributed by atoms with Crippen LogP contribution in [0.1, 0.15) is 6.92 Å². The summed E-state index contributed by atoms with van der Waals surface area (Å²) in [7, 11) is 3.04. The minimum absolute atomic E-state index is 0.0295. The largest absolute Gasteiger partial charge is 0.380 e. The Kier molecular flexibility index (Phi) is 5.40. The summed E-state index contributed by atoms with van der Waals surface area (Å²) in [5.41, 5.74) is 0.247. The second kappa shape index (κ2) is 6.58. The molecule has 0 N–H and O–H groups in total. The molecule has 0 aromatic carbocycles. The number of methoxy groups -OCH3 is 2. The number of hydrogen-bond acceptors (Lipinski definition) is 5. The van der Waals surface area contributed by atoms with Crippen LogP contribution >= 0.6 is 0 Å². The molecular formula is C13H18O5. The van der Waals surface area contributed by atoms with Crippen LogP contribution in [0, 0.1) is 0 Å². The molecule has 5 nitrogen and oxygen atoms in total. The Labute approximate surface area is 106 Å². The Hall–Kier alpha value is -1.30. The van der Waals surface area contributed by atoms with E-state index in [1.54, 1.807) is 19.1 Å². The average molecular weight is 254 g/mol. The van der Waals surface area contributed by atoms with Gasteiger partial charge in [0.05, 0.1) is 13.2 Å². The van der Waals surface area contributed by atoms with Crippen LogP contribution in [0.5, 0.6) is 0 Å². The van der Waals surface area contributed by atoms with Crippen molar-refractivity contribution in [1.82, 2.24) is 0 Å². The first-order chi connectivity index (χ1) is 8.56. The Balaban J connectivity index is 2.99. The fourth-order valence-electron chi connectivity index (χ4n) is 1.89. The van der Waals surface area contributed by atoms with E-state index in [-0.39, 0.29) is 25.6 Å². The lowest BCUT2D eigenvalue weighted by atomic mass is 9.88. The zero-order valence-electron chi connectivity index (χ0n) is 10.9. The lowest BCUT2D eigenvalue weighted by Gasteiger charge is -2.28. The summed E-state index contributed by atoms with van der Waals surface area (Å²) >= 11 is 0. The van der Waals surface area contributed by atoms with Crippen molar-refractivity contribution in [2.24, 2.45) is 0 Å².